The minimum atomic E-state index is -0.487. The molecule has 0 aliphatic heterocycles. The Kier molecular flexibility index (Phi) is 5.11. The number of nitrogens with zero attached hydrogens (tertiary/aromatic N) is 1. The second-order valence-electron chi connectivity index (χ2n) is 4.80. The van der Waals surface area contributed by atoms with Crippen LogP contribution in [0.2, 0.25) is 0 Å². The summed E-state index contributed by atoms with van der Waals surface area (Å²) in [7, 11) is 1.62. The Morgan fingerprint density at radius 2 is 2.21 bits per heavy atom. The monoisotopic (exact) mass is 267 g/mol. The average Bonchev–Trinajstić information content (AvgIpc) is 2.35. The number of nitrogens with one attached hydrogen (secondary N) is 2. The Morgan fingerprint density at radius 1 is 1.53 bits per heavy atom. The number of hydrogen-bond donors (Lipinski definition) is 3. The third-order valence-electron chi connectivity index (χ3n) is 3.23. The Labute approximate surface area is 112 Å². The van der Waals surface area contributed by atoms with Gasteiger partial charge in [0, 0.05) is 25.4 Å². The quantitative estimate of drug-likeness (QED) is 0.746. The Morgan fingerprint density at radius 3 is 2.79 bits per heavy atom. The normalized spacial score (nSPS) is 13.7. The van der Waals surface area contributed by atoms with Crippen molar-refractivity contribution in [3.63, 3.8) is 0 Å². The smallest absolute Gasteiger partial charge is 0.319 e. The molecular weight excluding hydrogens is 246 g/mol. The van der Waals surface area contributed by atoms with Gasteiger partial charge in [-0.15, -0.1) is 0 Å². The van der Waals surface area contributed by atoms with Crippen molar-refractivity contribution >= 4 is 11.7 Å². The fourth-order valence-electron chi connectivity index (χ4n) is 1.69. The van der Waals surface area contributed by atoms with Crippen LogP contribution in [0.25, 0.3) is 0 Å². The van der Waals surface area contributed by atoms with Gasteiger partial charge in [-0.3, -0.25) is 4.79 Å². The third kappa shape index (κ3) is 4.10. The van der Waals surface area contributed by atoms with Gasteiger partial charge in [-0.1, -0.05) is 6.92 Å². The standard InChI is InChI=1S/C13H21N3O3/c1-4-13(2,7-9-17)15-12(19)14-10-6-5-8-16(3)11(10)18/h5-6,8,17H,4,7,9H2,1-3H3,(H2,14,15,19). The van der Waals surface area contributed by atoms with Crippen LogP contribution in [-0.2, 0) is 7.05 Å². The number of urea groups is 1. The van der Waals surface area contributed by atoms with Gasteiger partial charge < -0.3 is 20.3 Å². The fourth-order valence-corrected chi connectivity index (χ4v) is 1.69. The maximum Gasteiger partial charge on any atom is 0.319 e. The van der Waals surface area contributed by atoms with E-state index < -0.39 is 11.6 Å². The topological polar surface area (TPSA) is 83.4 Å². The van der Waals surface area contributed by atoms with E-state index in [0.717, 1.165) is 0 Å². The lowest BCUT2D eigenvalue weighted by Crippen LogP contribution is -2.48. The van der Waals surface area contributed by atoms with Crippen LogP contribution in [0.4, 0.5) is 10.5 Å². The summed E-state index contributed by atoms with van der Waals surface area (Å²) >= 11 is 0. The summed E-state index contributed by atoms with van der Waals surface area (Å²) in [5.74, 6) is 0. The first kappa shape index (κ1) is 15.2. The van der Waals surface area contributed by atoms with Crippen LogP contribution in [0, 0.1) is 0 Å². The first-order valence-corrected chi connectivity index (χ1v) is 6.27. The molecule has 2 amide bonds. The minimum absolute atomic E-state index is 0.00226. The van der Waals surface area contributed by atoms with Gasteiger partial charge in [0.05, 0.1) is 0 Å². The maximum absolute atomic E-state index is 11.9. The number of amides is 2. The highest BCUT2D eigenvalue weighted by molar-refractivity contribution is 5.89. The molecule has 6 nitrogen and oxygen atoms in total. The van der Waals surface area contributed by atoms with E-state index in [4.69, 9.17) is 5.11 Å². The van der Waals surface area contributed by atoms with Crippen molar-refractivity contribution in [2.24, 2.45) is 7.05 Å². The number of rotatable bonds is 5. The zero-order valence-electron chi connectivity index (χ0n) is 11.6. The van der Waals surface area contributed by atoms with Crippen LogP contribution in [0.1, 0.15) is 26.7 Å². The second-order valence-corrected chi connectivity index (χ2v) is 4.80. The summed E-state index contributed by atoms with van der Waals surface area (Å²) < 4.78 is 1.39. The first-order valence-electron chi connectivity index (χ1n) is 6.27. The molecule has 0 bridgehead atoms. The first-order chi connectivity index (χ1) is 8.91. The molecule has 1 aromatic heterocycles. The third-order valence-corrected chi connectivity index (χ3v) is 3.23. The van der Waals surface area contributed by atoms with E-state index in [0.29, 0.717) is 12.8 Å². The number of aromatic nitrogens is 1. The Balaban J connectivity index is 2.75. The molecule has 0 saturated heterocycles. The molecule has 0 radical (unpaired) electrons. The van der Waals surface area contributed by atoms with Crippen LogP contribution in [0.5, 0.6) is 0 Å². The number of hydrogen-bond acceptors (Lipinski definition) is 3. The van der Waals surface area contributed by atoms with E-state index in [-0.39, 0.29) is 17.9 Å². The van der Waals surface area contributed by atoms with Gasteiger partial charge >= 0.3 is 6.03 Å². The molecule has 6 heteroatoms. The number of carbonyl (C=O) groups excluding carboxylic acids is 1. The molecule has 1 rings (SSSR count). The van der Waals surface area contributed by atoms with E-state index in [9.17, 15) is 9.59 Å². The lowest BCUT2D eigenvalue weighted by atomic mass is 9.95. The molecule has 0 saturated carbocycles. The number of aliphatic hydroxyl groups is 1. The lowest BCUT2D eigenvalue weighted by Gasteiger charge is -2.28. The van der Waals surface area contributed by atoms with Crippen molar-refractivity contribution in [2.75, 3.05) is 11.9 Å². The molecule has 0 aliphatic rings. The zero-order valence-corrected chi connectivity index (χ0v) is 11.6. The molecule has 1 aromatic rings. The SMILES string of the molecule is CCC(C)(CCO)NC(=O)Nc1cccn(C)c1=O. The fraction of sp³-hybridized carbons (Fsp3) is 0.538. The highest BCUT2D eigenvalue weighted by Crippen LogP contribution is 2.13. The molecule has 19 heavy (non-hydrogen) atoms. The van der Waals surface area contributed by atoms with Gasteiger partial charge in [0.25, 0.3) is 5.56 Å². The summed E-state index contributed by atoms with van der Waals surface area (Å²) in [4.78, 5) is 23.6. The highest BCUT2D eigenvalue weighted by Gasteiger charge is 2.23. The Hall–Kier alpha value is -1.82. The largest absolute Gasteiger partial charge is 0.396 e. The molecule has 1 unspecified atom stereocenters. The highest BCUT2D eigenvalue weighted by atomic mass is 16.3. The number of carbonyl (C=O) groups is 1. The van der Waals surface area contributed by atoms with Crippen LogP contribution in [0.15, 0.2) is 23.1 Å². The van der Waals surface area contributed by atoms with Gasteiger partial charge in [0.2, 0.25) is 0 Å². The molecule has 0 aromatic carbocycles. The van der Waals surface area contributed by atoms with E-state index in [1.807, 2.05) is 13.8 Å². The molecular formula is C13H21N3O3. The van der Waals surface area contributed by atoms with Crippen molar-refractivity contribution in [1.82, 2.24) is 9.88 Å². The number of aryl methyl sites for hydroxylation is 1. The maximum atomic E-state index is 11.9. The van der Waals surface area contributed by atoms with Crippen LogP contribution < -0.4 is 16.2 Å². The van der Waals surface area contributed by atoms with Gasteiger partial charge in [0.15, 0.2) is 0 Å². The number of anilines is 1. The van der Waals surface area contributed by atoms with E-state index >= 15 is 0 Å². The van der Waals surface area contributed by atoms with Crippen molar-refractivity contribution < 1.29 is 9.90 Å². The van der Waals surface area contributed by atoms with Gasteiger partial charge in [0.1, 0.15) is 5.69 Å². The average molecular weight is 267 g/mol. The van der Waals surface area contributed by atoms with Gasteiger partial charge in [-0.05, 0) is 31.9 Å². The van der Waals surface area contributed by atoms with E-state index in [1.165, 1.54) is 4.57 Å². The summed E-state index contributed by atoms with van der Waals surface area (Å²) in [5, 5.41) is 14.3. The second kappa shape index (κ2) is 6.38. The van der Waals surface area contributed by atoms with Crippen molar-refractivity contribution in [1.29, 1.82) is 0 Å². The molecule has 1 atom stereocenters. The van der Waals surface area contributed by atoms with E-state index in [1.54, 1.807) is 25.4 Å². The predicted octanol–water partition coefficient (Wildman–Crippen LogP) is 1.06. The molecule has 106 valence electrons. The molecule has 1 heterocycles. The summed E-state index contributed by atoms with van der Waals surface area (Å²) in [6.07, 6.45) is 2.77. The van der Waals surface area contributed by atoms with Crippen LogP contribution in [0.3, 0.4) is 0 Å². The summed E-state index contributed by atoms with van der Waals surface area (Å²) in [6, 6.07) is 2.79. The van der Waals surface area contributed by atoms with Crippen molar-refractivity contribution in [3.8, 4) is 0 Å². The lowest BCUT2D eigenvalue weighted by molar-refractivity contribution is 0.208. The van der Waals surface area contributed by atoms with Gasteiger partial charge in [-0.25, -0.2) is 4.79 Å². The molecule has 0 spiro atoms. The van der Waals surface area contributed by atoms with Crippen molar-refractivity contribution in [3.05, 3.63) is 28.7 Å². The van der Waals surface area contributed by atoms with Crippen LogP contribution in [-0.4, -0.2) is 27.9 Å². The summed E-state index contributed by atoms with van der Waals surface area (Å²) in [5.41, 5.74) is -0.526. The van der Waals surface area contributed by atoms with E-state index in [2.05, 4.69) is 10.6 Å². The molecule has 3 N–H and O–H groups in total. The predicted molar refractivity (Wildman–Crippen MR) is 74.2 cm³/mol. The summed E-state index contributed by atoms with van der Waals surface area (Å²) in [6.45, 7) is 3.78. The van der Waals surface area contributed by atoms with Gasteiger partial charge in [-0.2, -0.15) is 0 Å². The molecule has 0 aliphatic carbocycles. The Bertz CT molecular complexity index is 498. The molecule has 0 fully saturated rings. The zero-order chi connectivity index (χ0) is 14.5. The van der Waals surface area contributed by atoms with Crippen LogP contribution >= 0.6 is 0 Å². The number of aliphatic hydroxyl groups excluding tert-OH is 1. The number of pyridine rings is 1. The minimum Gasteiger partial charge on any atom is -0.396 e. The van der Waals surface area contributed by atoms with Crippen molar-refractivity contribution in [2.45, 2.75) is 32.2 Å².